The second kappa shape index (κ2) is 6.47. The lowest BCUT2D eigenvalue weighted by atomic mass is 10.1. The SMILES string of the molecule is Cc1cnc(C(CN)CNC(=O)OC(C)(C)C)cn1. The molecule has 19 heavy (non-hydrogen) atoms. The Hall–Kier alpha value is -1.69. The summed E-state index contributed by atoms with van der Waals surface area (Å²) in [7, 11) is 0. The average molecular weight is 266 g/mol. The first-order chi connectivity index (χ1) is 8.81. The van der Waals surface area contributed by atoms with Gasteiger partial charge in [-0.15, -0.1) is 0 Å². The summed E-state index contributed by atoms with van der Waals surface area (Å²) in [6, 6.07) is 0. The Morgan fingerprint density at radius 3 is 2.58 bits per heavy atom. The molecule has 0 saturated heterocycles. The lowest BCUT2D eigenvalue weighted by molar-refractivity contribution is 0.0524. The highest BCUT2D eigenvalue weighted by molar-refractivity contribution is 5.67. The summed E-state index contributed by atoms with van der Waals surface area (Å²) >= 11 is 0. The highest BCUT2D eigenvalue weighted by Crippen LogP contribution is 2.11. The minimum absolute atomic E-state index is 0.0689. The molecule has 0 spiro atoms. The van der Waals surface area contributed by atoms with Crippen molar-refractivity contribution in [2.24, 2.45) is 5.73 Å². The molecule has 0 aliphatic rings. The number of amides is 1. The molecular formula is C13H22N4O2. The van der Waals surface area contributed by atoms with Crippen LogP contribution in [0.5, 0.6) is 0 Å². The molecule has 6 nitrogen and oxygen atoms in total. The van der Waals surface area contributed by atoms with Gasteiger partial charge in [0.2, 0.25) is 0 Å². The predicted molar refractivity (Wildman–Crippen MR) is 72.8 cm³/mol. The number of nitrogens with two attached hydrogens (primary N) is 1. The summed E-state index contributed by atoms with van der Waals surface area (Å²) in [5, 5.41) is 2.69. The highest BCUT2D eigenvalue weighted by atomic mass is 16.6. The maximum Gasteiger partial charge on any atom is 0.407 e. The van der Waals surface area contributed by atoms with Crippen molar-refractivity contribution in [1.82, 2.24) is 15.3 Å². The van der Waals surface area contributed by atoms with Gasteiger partial charge in [-0.2, -0.15) is 0 Å². The van der Waals surface area contributed by atoms with Gasteiger partial charge in [0.1, 0.15) is 5.60 Å². The van der Waals surface area contributed by atoms with Crippen molar-refractivity contribution >= 4 is 6.09 Å². The first-order valence-electron chi connectivity index (χ1n) is 6.27. The predicted octanol–water partition coefficient (Wildman–Crippen LogP) is 1.35. The Balaban J connectivity index is 2.54. The van der Waals surface area contributed by atoms with Crippen LogP contribution >= 0.6 is 0 Å². The zero-order valence-electron chi connectivity index (χ0n) is 11.9. The van der Waals surface area contributed by atoms with Crippen LogP contribution in [0, 0.1) is 6.92 Å². The number of aryl methyl sites for hydroxylation is 1. The van der Waals surface area contributed by atoms with E-state index in [9.17, 15) is 4.79 Å². The van der Waals surface area contributed by atoms with Gasteiger partial charge in [-0.05, 0) is 27.7 Å². The molecule has 1 aromatic heterocycles. The summed E-state index contributed by atoms with van der Waals surface area (Å²) < 4.78 is 5.16. The molecule has 1 atom stereocenters. The molecule has 0 saturated carbocycles. The smallest absolute Gasteiger partial charge is 0.407 e. The number of nitrogens with one attached hydrogen (secondary N) is 1. The van der Waals surface area contributed by atoms with Crippen LogP contribution in [0.3, 0.4) is 0 Å². The lowest BCUT2D eigenvalue weighted by Crippen LogP contribution is -2.36. The molecule has 6 heteroatoms. The Bertz CT molecular complexity index is 412. The molecule has 1 heterocycles. The van der Waals surface area contributed by atoms with Crippen LogP contribution < -0.4 is 11.1 Å². The van der Waals surface area contributed by atoms with E-state index in [1.165, 1.54) is 0 Å². The maximum atomic E-state index is 11.6. The fourth-order valence-electron chi connectivity index (χ4n) is 1.44. The number of hydrogen-bond acceptors (Lipinski definition) is 5. The molecule has 106 valence electrons. The second-order valence-electron chi connectivity index (χ2n) is 5.40. The van der Waals surface area contributed by atoms with Gasteiger partial charge >= 0.3 is 6.09 Å². The Morgan fingerprint density at radius 2 is 2.11 bits per heavy atom. The van der Waals surface area contributed by atoms with E-state index in [4.69, 9.17) is 10.5 Å². The third-order valence-electron chi connectivity index (χ3n) is 2.40. The number of hydrogen-bond donors (Lipinski definition) is 2. The summed E-state index contributed by atoms with van der Waals surface area (Å²) in [5.74, 6) is -0.0689. The van der Waals surface area contributed by atoms with E-state index >= 15 is 0 Å². The topological polar surface area (TPSA) is 90.1 Å². The zero-order chi connectivity index (χ0) is 14.5. The molecule has 0 aliphatic heterocycles. The molecule has 0 bridgehead atoms. The van der Waals surface area contributed by atoms with Crippen LogP contribution in [-0.4, -0.2) is 34.8 Å². The minimum atomic E-state index is -0.508. The van der Waals surface area contributed by atoms with Crippen LogP contribution in [0.2, 0.25) is 0 Å². The first kappa shape index (κ1) is 15.4. The molecule has 3 N–H and O–H groups in total. The Morgan fingerprint density at radius 1 is 1.42 bits per heavy atom. The van der Waals surface area contributed by atoms with Crippen molar-refractivity contribution < 1.29 is 9.53 Å². The third-order valence-corrected chi connectivity index (χ3v) is 2.40. The molecule has 1 rings (SSSR count). The van der Waals surface area contributed by atoms with E-state index in [0.29, 0.717) is 13.1 Å². The summed E-state index contributed by atoms with van der Waals surface area (Å²) in [4.78, 5) is 20.0. The van der Waals surface area contributed by atoms with Gasteiger partial charge < -0.3 is 15.8 Å². The highest BCUT2D eigenvalue weighted by Gasteiger charge is 2.18. The van der Waals surface area contributed by atoms with Crippen molar-refractivity contribution in [1.29, 1.82) is 0 Å². The van der Waals surface area contributed by atoms with Gasteiger partial charge in [-0.3, -0.25) is 9.97 Å². The van der Waals surface area contributed by atoms with Gasteiger partial charge in [-0.1, -0.05) is 0 Å². The fourth-order valence-corrected chi connectivity index (χ4v) is 1.44. The van der Waals surface area contributed by atoms with Gasteiger partial charge in [0, 0.05) is 31.4 Å². The number of nitrogens with zero attached hydrogens (tertiary/aromatic N) is 2. The van der Waals surface area contributed by atoms with E-state index < -0.39 is 11.7 Å². The molecule has 0 fully saturated rings. The minimum Gasteiger partial charge on any atom is -0.444 e. The number of carbonyl (C=O) groups is 1. The van der Waals surface area contributed by atoms with Gasteiger partial charge in [0.15, 0.2) is 0 Å². The van der Waals surface area contributed by atoms with Crippen molar-refractivity contribution in [2.75, 3.05) is 13.1 Å². The van der Waals surface area contributed by atoms with E-state index in [-0.39, 0.29) is 5.92 Å². The number of alkyl carbamates (subject to hydrolysis) is 1. The molecule has 1 unspecified atom stereocenters. The monoisotopic (exact) mass is 266 g/mol. The van der Waals surface area contributed by atoms with Gasteiger partial charge in [0.05, 0.1) is 11.4 Å². The van der Waals surface area contributed by atoms with Gasteiger partial charge in [-0.25, -0.2) is 4.79 Å². The average Bonchev–Trinajstić information content (AvgIpc) is 2.29. The van der Waals surface area contributed by atoms with Crippen molar-refractivity contribution in [3.05, 3.63) is 23.8 Å². The van der Waals surface area contributed by atoms with Gasteiger partial charge in [0.25, 0.3) is 0 Å². The summed E-state index contributed by atoms with van der Waals surface area (Å²) in [6.45, 7) is 8.08. The van der Waals surface area contributed by atoms with Crippen molar-refractivity contribution in [3.8, 4) is 0 Å². The maximum absolute atomic E-state index is 11.6. The van der Waals surface area contributed by atoms with E-state index in [1.807, 2.05) is 27.7 Å². The molecule has 0 aliphatic carbocycles. The fraction of sp³-hybridized carbons (Fsp3) is 0.615. The van der Waals surface area contributed by atoms with E-state index in [0.717, 1.165) is 11.4 Å². The number of ether oxygens (including phenoxy) is 1. The standard InChI is InChI=1S/C13H22N4O2/c1-9-6-16-11(8-15-9)10(5-14)7-17-12(18)19-13(2,3)4/h6,8,10H,5,7,14H2,1-4H3,(H,17,18). The molecule has 0 aromatic carbocycles. The van der Waals surface area contributed by atoms with Crippen LogP contribution in [-0.2, 0) is 4.74 Å². The molecular weight excluding hydrogens is 244 g/mol. The normalized spacial score (nSPS) is 12.9. The van der Waals surface area contributed by atoms with Crippen LogP contribution in [0.1, 0.15) is 38.1 Å². The zero-order valence-corrected chi connectivity index (χ0v) is 11.9. The lowest BCUT2D eigenvalue weighted by Gasteiger charge is -2.21. The number of aromatic nitrogens is 2. The van der Waals surface area contributed by atoms with Crippen LogP contribution in [0.25, 0.3) is 0 Å². The summed E-state index contributed by atoms with van der Waals surface area (Å²) in [6.07, 6.45) is 2.92. The first-order valence-corrected chi connectivity index (χ1v) is 6.27. The third kappa shape index (κ3) is 5.65. The number of rotatable bonds is 4. The van der Waals surface area contributed by atoms with Crippen LogP contribution in [0.4, 0.5) is 4.79 Å². The quantitative estimate of drug-likeness (QED) is 0.858. The molecule has 0 radical (unpaired) electrons. The van der Waals surface area contributed by atoms with Crippen molar-refractivity contribution in [2.45, 2.75) is 39.2 Å². The Labute approximate surface area is 113 Å². The molecule has 1 aromatic rings. The second-order valence-corrected chi connectivity index (χ2v) is 5.40. The van der Waals surface area contributed by atoms with E-state index in [2.05, 4.69) is 15.3 Å². The van der Waals surface area contributed by atoms with E-state index in [1.54, 1.807) is 12.4 Å². The Kier molecular flexibility index (Phi) is 5.23. The summed E-state index contributed by atoms with van der Waals surface area (Å²) in [5.41, 5.74) is 6.80. The largest absolute Gasteiger partial charge is 0.444 e. The van der Waals surface area contributed by atoms with Crippen LogP contribution in [0.15, 0.2) is 12.4 Å². The number of carbonyl (C=O) groups excluding carboxylic acids is 1. The van der Waals surface area contributed by atoms with Crippen molar-refractivity contribution in [3.63, 3.8) is 0 Å². The molecule has 1 amide bonds.